The fourth-order valence-corrected chi connectivity index (χ4v) is 5.11. The summed E-state index contributed by atoms with van der Waals surface area (Å²) in [5, 5.41) is 1.18. The van der Waals surface area contributed by atoms with E-state index >= 15 is 0 Å². The zero-order valence-electron chi connectivity index (χ0n) is 15.6. The molecule has 7 heteroatoms. The van der Waals surface area contributed by atoms with Crippen molar-refractivity contribution in [1.29, 1.82) is 0 Å². The van der Waals surface area contributed by atoms with Gasteiger partial charge in [-0.1, -0.05) is 0 Å². The number of carbonyl (C=O) groups is 1. The first-order valence-corrected chi connectivity index (χ1v) is 10.4. The van der Waals surface area contributed by atoms with Gasteiger partial charge in [-0.25, -0.2) is 9.97 Å². The molecule has 6 nitrogen and oxygen atoms in total. The van der Waals surface area contributed by atoms with Crippen molar-refractivity contribution in [3.05, 3.63) is 16.8 Å². The van der Waals surface area contributed by atoms with Crippen molar-refractivity contribution >= 4 is 33.3 Å². The van der Waals surface area contributed by atoms with Gasteiger partial charge in [-0.15, -0.1) is 11.3 Å². The second-order valence-corrected chi connectivity index (χ2v) is 8.79. The van der Waals surface area contributed by atoms with E-state index in [1.165, 1.54) is 15.8 Å². The van der Waals surface area contributed by atoms with E-state index in [1.54, 1.807) is 17.7 Å². The van der Waals surface area contributed by atoms with Crippen LogP contribution in [0.5, 0.6) is 0 Å². The van der Waals surface area contributed by atoms with Gasteiger partial charge in [0, 0.05) is 43.0 Å². The number of likely N-dealkylation sites (tertiary alicyclic amines) is 1. The first-order chi connectivity index (χ1) is 12.5. The van der Waals surface area contributed by atoms with Gasteiger partial charge in [0.15, 0.2) is 0 Å². The number of aromatic nitrogens is 2. The average molecular weight is 374 g/mol. The molecule has 0 saturated carbocycles. The summed E-state index contributed by atoms with van der Waals surface area (Å²) in [5.74, 6) is 1.50. The number of hydrogen-bond acceptors (Lipinski definition) is 6. The SMILES string of the molecule is Cc1sc2ncnc(N3CCC(C(=O)N4CCC(N)CC4)CC3)c2c1C. The molecule has 0 bridgehead atoms. The summed E-state index contributed by atoms with van der Waals surface area (Å²) in [6, 6.07) is 0.262. The van der Waals surface area contributed by atoms with Gasteiger partial charge in [-0.3, -0.25) is 4.79 Å². The van der Waals surface area contributed by atoms with Crippen LogP contribution in [0.25, 0.3) is 10.2 Å². The Labute approximate surface area is 158 Å². The molecule has 0 radical (unpaired) electrons. The van der Waals surface area contributed by atoms with Crippen LogP contribution in [-0.4, -0.2) is 53.0 Å². The Morgan fingerprint density at radius 3 is 2.50 bits per heavy atom. The van der Waals surface area contributed by atoms with Crippen LogP contribution in [0.2, 0.25) is 0 Å². The van der Waals surface area contributed by atoms with Gasteiger partial charge in [-0.2, -0.15) is 0 Å². The zero-order chi connectivity index (χ0) is 18.3. The Kier molecular flexibility index (Phi) is 4.84. The highest BCUT2D eigenvalue weighted by atomic mass is 32.1. The smallest absolute Gasteiger partial charge is 0.225 e. The van der Waals surface area contributed by atoms with Crippen LogP contribution in [0.4, 0.5) is 5.82 Å². The Morgan fingerprint density at radius 1 is 1.12 bits per heavy atom. The molecule has 26 heavy (non-hydrogen) atoms. The lowest BCUT2D eigenvalue weighted by Crippen LogP contribution is -2.47. The molecule has 2 aliphatic heterocycles. The van der Waals surface area contributed by atoms with Crippen molar-refractivity contribution < 1.29 is 4.79 Å². The predicted octanol–water partition coefficient (Wildman–Crippen LogP) is 2.47. The lowest BCUT2D eigenvalue weighted by molar-refractivity contribution is -0.137. The number of fused-ring (bicyclic) bond motifs is 1. The predicted molar refractivity (Wildman–Crippen MR) is 106 cm³/mol. The van der Waals surface area contributed by atoms with E-state index in [4.69, 9.17) is 5.73 Å². The minimum atomic E-state index is 0.142. The van der Waals surface area contributed by atoms with Gasteiger partial charge in [0.1, 0.15) is 17.0 Å². The number of carbonyl (C=O) groups excluding carboxylic acids is 1. The van der Waals surface area contributed by atoms with Crippen molar-refractivity contribution in [2.75, 3.05) is 31.1 Å². The first kappa shape index (κ1) is 17.7. The highest BCUT2D eigenvalue weighted by Gasteiger charge is 2.31. The number of nitrogens with zero attached hydrogens (tertiary/aromatic N) is 4. The molecule has 2 N–H and O–H groups in total. The fourth-order valence-electron chi connectivity index (χ4n) is 4.12. The summed E-state index contributed by atoms with van der Waals surface area (Å²) in [7, 11) is 0. The van der Waals surface area contributed by atoms with Gasteiger partial charge < -0.3 is 15.5 Å². The van der Waals surface area contributed by atoms with Crippen LogP contribution >= 0.6 is 11.3 Å². The third-order valence-electron chi connectivity index (χ3n) is 5.94. The second-order valence-electron chi connectivity index (χ2n) is 7.58. The molecule has 2 aromatic heterocycles. The second kappa shape index (κ2) is 7.12. The Balaban J connectivity index is 1.45. The molecule has 2 fully saturated rings. The maximum atomic E-state index is 12.8. The summed E-state index contributed by atoms with van der Waals surface area (Å²) >= 11 is 1.73. The number of anilines is 1. The van der Waals surface area contributed by atoms with E-state index in [-0.39, 0.29) is 12.0 Å². The standard InChI is InChI=1S/C19H27N5OS/c1-12-13(2)26-18-16(12)17(21-11-22-18)23-7-3-14(4-8-23)19(25)24-9-5-15(20)6-10-24/h11,14-15H,3-10,20H2,1-2H3. The Morgan fingerprint density at radius 2 is 1.81 bits per heavy atom. The Hall–Kier alpha value is -1.73. The van der Waals surface area contributed by atoms with E-state index in [2.05, 4.69) is 28.7 Å². The number of piperidine rings is 2. The average Bonchev–Trinajstić information content (AvgIpc) is 2.96. The monoisotopic (exact) mass is 373 g/mol. The van der Waals surface area contributed by atoms with Crippen molar-refractivity contribution in [2.45, 2.75) is 45.6 Å². The highest BCUT2D eigenvalue weighted by molar-refractivity contribution is 7.18. The summed E-state index contributed by atoms with van der Waals surface area (Å²) in [6.07, 6.45) is 5.33. The number of hydrogen-bond donors (Lipinski definition) is 1. The van der Waals surface area contributed by atoms with Crippen LogP contribution < -0.4 is 10.6 Å². The fraction of sp³-hybridized carbons (Fsp3) is 0.632. The number of rotatable bonds is 2. The lowest BCUT2D eigenvalue weighted by Gasteiger charge is -2.37. The first-order valence-electron chi connectivity index (χ1n) is 9.54. The van der Waals surface area contributed by atoms with Crippen molar-refractivity contribution in [3.63, 3.8) is 0 Å². The maximum Gasteiger partial charge on any atom is 0.225 e. The third-order valence-corrected chi connectivity index (χ3v) is 7.06. The minimum Gasteiger partial charge on any atom is -0.356 e. The summed E-state index contributed by atoms with van der Waals surface area (Å²) < 4.78 is 0. The van der Waals surface area contributed by atoms with Gasteiger partial charge in [0.05, 0.1) is 5.39 Å². The van der Waals surface area contributed by atoms with Crippen LogP contribution in [0.15, 0.2) is 6.33 Å². The molecule has 1 amide bonds. The van der Waals surface area contributed by atoms with Crippen LogP contribution in [0.3, 0.4) is 0 Å². The molecule has 4 rings (SSSR count). The highest BCUT2D eigenvalue weighted by Crippen LogP contribution is 2.35. The normalized spacial score (nSPS) is 20.1. The van der Waals surface area contributed by atoms with Crippen LogP contribution in [-0.2, 0) is 4.79 Å². The molecule has 2 aromatic rings. The third kappa shape index (κ3) is 3.18. The Bertz CT molecular complexity index is 804. The summed E-state index contributed by atoms with van der Waals surface area (Å²) in [5.41, 5.74) is 7.24. The van der Waals surface area contributed by atoms with E-state index in [9.17, 15) is 4.79 Å². The largest absolute Gasteiger partial charge is 0.356 e. The van der Waals surface area contributed by atoms with E-state index in [0.29, 0.717) is 5.91 Å². The van der Waals surface area contributed by atoms with Gasteiger partial charge in [0.25, 0.3) is 0 Å². The quantitative estimate of drug-likeness (QED) is 0.875. The summed E-state index contributed by atoms with van der Waals surface area (Å²) in [6.45, 7) is 7.69. The number of nitrogens with two attached hydrogens (primary N) is 1. The molecule has 2 aliphatic rings. The molecule has 2 saturated heterocycles. The molecule has 4 heterocycles. The zero-order valence-corrected chi connectivity index (χ0v) is 16.4. The van der Waals surface area contributed by atoms with Crippen molar-refractivity contribution in [2.24, 2.45) is 11.7 Å². The van der Waals surface area contributed by atoms with Crippen molar-refractivity contribution in [3.8, 4) is 0 Å². The molecule has 0 aliphatic carbocycles. The molecule has 0 unspecified atom stereocenters. The lowest BCUT2D eigenvalue weighted by atomic mass is 9.93. The van der Waals surface area contributed by atoms with Crippen LogP contribution in [0.1, 0.15) is 36.1 Å². The van der Waals surface area contributed by atoms with Gasteiger partial charge in [0.2, 0.25) is 5.91 Å². The van der Waals surface area contributed by atoms with E-state index in [1.807, 2.05) is 4.90 Å². The molecule has 0 spiro atoms. The molecule has 0 aromatic carbocycles. The topological polar surface area (TPSA) is 75.4 Å². The molecular weight excluding hydrogens is 346 g/mol. The number of amides is 1. The number of aryl methyl sites for hydroxylation is 2. The van der Waals surface area contributed by atoms with Crippen LogP contribution in [0, 0.1) is 19.8 Å². The van der Waals surface area contributed by atoms with Gasteiger partial charge >= 0.3 is 0 Å². The molecule has 140 valence electrons. The number of thiophene rings is 1. The van der Waals surface area contributed by atoms with Crippen molar-refractivity contribution in [1.82, 2.24) is 14.9 Å². The van der Waals surface area contributed by atoms with Gasteiger partial charge in [-0.05, 0) is 45.1 Å². The molecule has 0 atom stereocenters. The van der Waals surface area contributed by atoms with E-state index in [0.717, 1.165) is 62.5 Å². The summed E-state index contributed by atoms with van der Waals surface area (Å²) in [4.78, 5) is 28.6. The molecular formula is C19H27N5OS. The minimum absolute atomic E-state index is 0.142. The maximum absolute atomic E-state index is 12.8. The van der Waals surface area contributed by atoms with E-state index < -0.39 is 0 Å².